The third-order valence-corrected chi connectivity index (χ3v) is 10.6. The van der Waals surface area contributed by atoms with Gasteiger partial charge in [0.1, 0.15) is 5.69 Å². The molecule has 0 spiro atoms. The van der Waals surface area contributed by atoms with Gasteiger partial charge in [0, 0.05) is 29.9 Å². The largest absolute Gasteiger partial charge is 0.461 e. The highest BCUT2D eigenvalue weighted by Crippen LogP contribution is 2.43. The van der Waals surface area contributed by atoms with Crippen LogP contribution in [-0.2, 0) is 30.8 Å². The van der Waals surface area contributed by atoms with E-state index in [2.05, 4.69) is 34.6 Å². The Labute approximate surface area is 293 Å². The lowest BCUT2D eigenvalue weighted by atomic mass is 9.85. The zero-order valence-corrected chi connectivity index (χ0v) is 30.3. The highest BCUT2D eigenvalue weighted by Gasteiger charge is 2.29. The predicted octanol–water partition coefficient (Wildman–Crippen LogP) is 5.71. The summed E-state index contributed by atoms with van der Waals surface area (Å²) < 4.78 is 11.6. The van der Waals surface area contributed by atoms with Gasteiger partial charge in [0.2, 0.25) is 20.9 Å². The molecule has 0 saturated carbocycles. The molecule has 4 rings (SSSR count). The SMILES string of the molecule is CCOC(=O)c1ccc(C=CC(=O)NCC(=O)N(C)c2c(CO[SiH](c3ccccc3)c3ccccc3)cc(Cl)c(C(C)(C)C)c2Cl)cn1. The minimum absolute atomic E-state index is 0.162. The molecule has 1 heterocycles. The molecular formula is C37H39Cl2N3O5Si. The van der Waals surface area contributed by atoms with Crippen molar-refractivity contribution >= 4 is 72.2 Å². The van der Waals surface area contributed by atoms with E-state index in [0.717, 1.165) is 10.4 Å². The Kier molecular flexibility index (Phi) is 12.7. The molecule has 1 aromatic heterocycles. The minimum Gasteiger partial charge on any atom is -0.461 e. The third kappa shape index (κ3) is 9.41. The zero-order valence-electron chi connectivity index (χ0n) is 27.6. The van der Waals surface area contributed by atoms with Crippen molar-refractivity contribution in [3.63, 3.8) is 0 Å². The summed E-state index contributed by atoms with van der Waals surface area (Å²) in [7, 11) is -0.508. The number of amides is 2. The van der Waals surface area contributed by atoms with Gasteiger partial charge in [-0.2, -0.15) is 0 Å². The molecule has 0 atom stereocenters. The average Bonchev–Trinajstić information content (AvgIpc) is 3.06. The normalized spacial score (nSPS) is 11.5. The molecule has 0 saturated heterocycles. The van der Waals surface area contributed by atoms with Crippen LogP contribution in [0.15, 0.2) is 91.1 Å². The van der Waals surface area contributed by atoms with Crippen LogP contribution >= 0.6 is 23.2 Å². The fraction of sp³-hybridized carbons (Fsp3) is 0.243. The molecule has 1 N–H and O–H groups in total. The summed E-state index contributed by atoms with van der Waals surface area (Å²) in [5.74, 6) is -1.39. The van der Waals surface area contributed by atoms with Crippen molar-refractivity contribution in [1.29, 1.82) is 0 Å². The molecule has 0 aliphatic heterocycles. The molecule has 0 bridgehead atoms. The van der Waals surface area contributed by atoms with Crippen LogP contribution in [-0.4, -0.2) is 52.0 Å². The second kappa shape index (κ2) is 16.7. The summed E-state index contributed by atoms with van der Waals surface area (Å²) in [6, 6.07) is 25.2. The number of esters is 1. The first-order valence-corrected chi connectivity index (χ1v) is 17.9. The van der Waals surface area contributed by atoms with E-state index in [1.807, 2.05) is 63.2 Å². The van der Waals surface area contributed by atoms with E-state index in [0.29, 0.717) is 32.4 Å². The summed E-state index contributed by atoms with van der Waals surface area (Å²) in [5.41, 5.74) is 2.19. The molecule has 2 amide bonds. The van der Waals surface area contributed by atoms with Crippen LogP contribution < -0.4 is 20.6 Å². The van der Waals surface area contributed by atoms with Crippen LogP contribution in [0.2, 0.25) is 10.0 Å². The molecule has 0 aliphatic rings. The summed E-state index contributed by atoms with van der Waals surface area (Å²) in [5, 5.41) is 5.69. The second-order valence-electron chi connectivity index (χ2n) is 12.0. The van der Waals surface area contributed by atoms with Crippen LogP contribution in [0.3, 0.4) is 0 Å². The standard InChI is InChI=1S/C37H39Cl2N3O5Si/c1-6-46-36(45)30-19-17-25(22-40-30)18-20-31(43)41-23-32(44)42(5)35-26(21-29(38)33(34(35)39)37(2,3)4)24-47-48(27-13-9-7-10-14-27)28-15-11-8-12-16-28/h7-22,48H,6,23-24H2,1-5H3,(H,41,43). The Bertz CT molecular complexity index is 1720. The van der Waals surface area contributed by atoms with Crippen LogP contribution in [0.1, 0.15) is 54.9 Å². The van der Waals surface area contributed by atoms with E-state index in [1.54, 1.807) is 20.0 Å². The number of pyridine rings is 1. The van der Waals surface area contributed by atoms with Gasteiger partial charge in [-0.1, -0.05) is 111 Å². The van der Waals surface area contributed by atoms with E-state index >= 15 is 0 Å². The van der Waals surface area contributed by atoms with E-state index in [4.69, 9.17) is 32.4 Å². The van der Waals surface area contributed by atoms with Gasteiger partial charge in [0.05, 0.1) is 30.5 Å². The average molecular weight is 705 g/mol. The van der Waals surface area contributed by atoms with Crippen molar-refractivity contribution in [2.75, 3.05) is 25.1 Å². The van der Waals surface area contributed by atoms with Gasteiger partial charge in [-0.25, -0.2) is 9.78 Å². The third-order valence-electron chi connectivity index (χ3n) is 7.45. The van der Waals surface area contributed by atoms with Crippen LogP contribution in [0, 0.1) is 0 Å². The van der Waals surface area contributed by atoms with Gasteiger partial charge in [-0.05, 0) is 52.0 Å². The molecule has 0 fully saturated rings. The topological polar surface area (TPSA) is 97.8 Å². The van der Waals surface area contributed by atoms with Crippen molar-refractivity contribution in [2.24, 2.45) is 0 Å². The molecule has 8 nitrogen and oxygen atoms in total. The van der Waals surface area contributed by atoms with E-state index in [-0.39, 0.29) is 31.4 Å². The van der Waals surface area contributed by atoms with Gasteiger partial charge < -0.3 is 19.4 Å². The molecule has 0 radical (unpaired) electrons. The Morgan fingerprint density at radius 1 is 0.958 bits per heavy atom. The molecule has 4 aromatic rings. The zero-order chi connectivity index (χ0) is 34.8. The summed E-state index contributed by atoms with van der Waals surface area (Å²) in [6.45, 7) is 7.85. The van der Waals surface area contributed by atoms with Gasteiger partial charge in [-0.3, -0.25) is 9.59 Å². The Morgan fingerprint density at radius 2 is 1.58 bits per heavy atom. The van der Waals surface area contributed by atoms with Crippen molar-refractivity contribution in [3.8, 4) is 0 Å². The fourth-order valence-electron chi connectivity index (χ4n) is 5.10. The lowest BCUT2D eigenvalue weighted by Crippen LogP contribution is -2.45. The smallest absolute Gasteiger partial charge is 0.356 e. The quantitative estimate of drug-likeness (QED) is 0.115. The minimum atomic E-state index is -2.13. The van der Waals surface area contributed by atoms with Crippen molar-refractivity contribution < 1.29 is 23.5 Å². The van der Waals surface area contributed by atoms with Crippen LogP contribution in [0.4, 0.5) is 5.69 Å². The first-order valence-electron chi connectivity index (χ1n) is 15.5. The number of carbonyl (C=O) groups excluding carboxylic acids is 3. The number of carbonyl (C=O) groups is 3. The summed E-state index contributed by atoms with van der Waals surface area (Å²) in [6.07, 6.45) is 4.28. The first-order chi connectivity index (χ1) is 22.9. The lowest BCUT2D eigenvalue weighted by Gasteiger charge is -2.29. The maximum absolute atomic E-state index is 13.5. The lowest BCUT2D eigenvalue weighted by molar-refractivity contribution is -0.122. The second-order valence-corrected chi connectivity index (χ2v) is 15.2. The number of benzene rings is 3. The number of nitrogens with one attached hydrogen (secondary N) is 1. The Morgan fingerprint density at radius 3 is 2.12 bits per heavy atom. The van der Waals surface area contributed by atoms with E-state index in [1.165, 1.54) is 29.3 Å². The highest BCUT2D eigenvalue weighted by atomic mass is 35.5. The van der Waals surface area contributed by atoms with Crippen LogP contribution in [0.5, 0.6) is 0 Å². The molecule has 250 valence electrons. The molecule has 48 heavy (non-hydrogen) atoms. The summed E-state index contributed by atoms with van der Waals surface area (Å²) >= 11 is 13.9. The number of hydrogen-bond acceptors (Lipinski definition) is 6. The first kappa shape index (κ1) is 36.6. The van der Waals surface area contributed by atoms with Gasteiger partial charge in [0.15, 0.2) is 0 Å². The molecular weight excluding hydrogens is 665 g/mol. The molecule has 3 aromatic carbocycles. The number of aromatic nitrogens is 1. The molecule has 11 heteroatoms. The van der Waals surface area contributed by atoms with Crippen molar-refractivity contribution in [1.82, 2.24) is 10.3 Å². The van der Waals surface area contributed by atoms with Gasteiger partial charge >= 0.3 is 5.97 Å². The fourth-order valence-corrected chi connectivity index (χ4v) is 8.55. The Hall–Kier alpha value is -4.28. The number of halogens is 2. The predicted molar refractivity (Wildman–Crippen MR) is 195 cm³/mol. The highest BCUT2D eigenvalue weighted by molar-refractivity contribution is 6.80. The Balaban J connectivity index is 1.54. The van der Waals surface area contributed by atoms with E-state index < -0.39 is 26.3 Å². The summed E-state index contributed by atoms with van der Waals surface area (Å²) in [4.78, 5) is 43.5. The van der Waals surface area contributed by atoms with Gasteiger partial charge in [-0.15, -0.1) is 0 Å². The number of anilines is 1. The number of nitrogens with zero attached hydrogens (tertiary/aromatic N) is 2. The molecule has 0 aliphatic carbocycles. The number of ether oxygens (including phenoxy) is 1. The van der Waals surface area contributed by atoms with Gasteiger partial charge in [0.25, 0.3) is 0 Å². The maximum Gasteiger partial charge on any atom is 0.356 e. The van der Waals surface area contributed by atoms with Crippen molar-refractivity contribution in [2.45, 2.75) is 39.7 Å². The monoisotopic (exact) mass is 703 g/mol. The van der Waals surface area contributed by atoms with Crippen molar-refractivity contribution in [3.05, 3.63) is 124 Å². The molecule has 0 unspecified atom stereocenters. The number of rotatable bonds is 12. The van der Waals surface area contributed by atoms with E-state index in [9.17, 15) is 14.4 Å². The number of hydrogen-bond donors (Lipinski definition) is 1. The number of likely N-dealkylation sites (N-methyl/N-ethyl adjacent to an activating group) is 1. The maximum atomic E-state index is 13.5. The van der Waals surface area contributed by atoms with Crippen LogP contribution in [0.25, 0.3) is 6.08 Å².